The van der Waals surface area contributed by atoms with Crippen molar-refractivity contribution in [2.45, 2.75) is 19.8 Å². The molecule has 4 heteroatoms. The number of ether oxygens (including phenoxy) is 2. The zero-order valence-corrected chi connectivity index (χ0v) is 13.1. The van der Waals surface area contributed by atoms with Crippen molar-refractivity contribution in [2.75, 3.05) is 13.2 Å². The molecule has 4 nitrogen and oxygen atoms in total. The number of unbranched alkanes of at least 4 members (excludes halogenated alkanes) is 1. The summed E-state index contributed by atoms with van der Waals surface area (Å²) in [6, 6.07) is 16.9. The van der Waals surface area contributed by atoms with Crippen LogP contribution in [-0.2, 0) is 9.53 Å². The Morgan fingerprint density at radius 2 is 1.65 bits per heavy atom. The summed E-state index contributed by atoms with van der Waals surface area (Å²) < 4.78 is 10.4. The summed E-state index contributed by atoms with van der Waals surface area (Å²) in [5.41, 5.74) is 2.68. The Morgan fingerprint density at radius 3 is 2.22 bits per heavy atom. The van der Waals surface area contributed by atoms with Gasteiger partial charge in [-0.1, -0.05) is 37.6 Å². The van der Waals surface area contributed by atoms with E-state index in [1.165, 1.54) is 0 Å². The van der Waals surface area contributed by atoms with E-state index in [1.54, 1.807) is 12.1 Å². The number of carbonyl (C=O) groups excluding carboxylic acids is 1. The Morgan fingerprint density at radius 1 is 1.04 bits per heavy atom. The Balaban J connectivity index is 1.89. The smallest absolute Gasteiger partial charge is 0.344 e. The highest BCUT2D eigenvalue weighted by molar-refractivity contribution is 5.71. The average molecular weight is 309 g/mol. The van der Waals surface area contributed by atoms with Gasteiger partial charge in [-0.2, -0.15) is 5.26 Å². The van der Waals surface area contributed by atoms with E-state index in [0.717, 1.165) is 24.0 Å². The van der Waals surface area contributed by atoms with E-state index in [9.17, 15) is 4.79 Å². The number of benzene rings is 2. The molecule has 0 aliphatic carbocycles. The molecule has 0 unspecified atom stereocenters. The molecule has 0 saturated heterocycles. The second kappa shape index (κ2) is 8.60. The third-order valence-corrected chi connectivity index (χ3v) is 3.32. The molecule has 0 atom stereocenters. The number of rotatable bonds is 7. The van der Waals surface area contributed by atoms with Crippen LogP contribution in [0.1, 0.15) is 25.3 Å². The van der Waals surface area contributed by atoms with Gasteiger partial charge < -0.3 is 9.47 Å². The van der Waals surface area contributed by atoms with Crippen molar-refractivity contribution in [3.8, 4) is 22.9 Å². The third kappa shape index (κ3) is 5.15. The highest BCUT2D eigenvalue weighted by Gasteiger charge is 2.04. The molecule has 23 heavy (non-hydrogen) atoms. The highest BCUT2D eigenvalue weighted by atomic mass is 16.6. The topological polar surface area (TPSA) is 59.3 Å². The van der Waals surface area contributed by atoms with Crippen molar-refractivity contribution in [2.24, 2.45) is 0 Å². The van der Waals surface area contributed by atoms with E-state index in [-0.39, 0.29) is 12.6 Å². The normalized spacial score (nSPS) is 9.91. The molecule has 2 aromatic rings. The molecule has 0 fully saturated rings. The maximum absolute atomic E-state index is 11.5. The monoisotopic (exact) mass is 309 g/mol. The van der Waals surface area contributed by atoms with E-state index in [4.69, 9.17) is 14.7 Å². The van der Waals surface area contributed by atoms with Crippen LogP contribution < -0.4 is 4.74 Å². The molecule has 0 aliphatic heterocycles. The van der Waals surface area contributed by atoms with Gasteiger partial charge in [0, 0.05) is 0 Å². The van der Waals surface area contributed by atoms with E-state index in [0.29, 0.717) is 17.9 Å². The molecule has 0 N–H and O–H groups in total. The first-order valence-corrected chi connectivity index (χ1v) is 7.62. The largest absolute Gasteiger partial charge is 0.482 e. The first kappa shape index (κ1) is 16.6. The van der Waals surface area contributed by atoms with Crippen LogP contribution in [0.15, 0.2) is 48.5 Å². The van der Waals surface area contributed by atoms with Crippen LogP contribution >= 0.6 is 0 Å². The lowest BCUT2D eigenvalue weighted by Gasteiger charge is -2.08. The molecule has 0 spiro atoms. The molecule has 118 valence electrons. The molecule has 0 radical (unpaired) electrons. The van der Waals surface area contributed by atoms with Crippen LogP contribution in [0.25, 0.3) is 11.1 Å². The van der Waals surface area contributed by atoms with Crippen molar-refractivity contribution in [1.82, 2.24) is 0 Å². The van der Waals surface area contributed by atoms with E-state index in [2.05, 4.69) is 6.07 Å². The van der Waals surface area contributed by atoms with Gasteiger partial charge >= 0.3 is 5.97 Å². The van der Waals surface area contributed by atoms with Gasteiger partial charge in [-0.15, -0.1) is 0 Å². The van der Waals surface area contributed by atoms with Crippen molar-refractivity contribution in [3.63, 3.8) is 0 Å². The van der Waals surface area contributed by atoms with E-state index < -0.39 is 0 Å². The fourth-order valence-corrected chi connectivity index (χ4v) is 2.00. The second-order valence-electron chi connectivity index (χ2n) is 5.08. The molecular formula is C19H19NO3. The van der Waals surface area contributed by atoms with Crippen molar-refractivity contribution >= 4 is 5.97 Å². The quantitative estimate of drug-likeness (QED) is 0.574. The van der Waals surface area contributed by atoms with Crippen LogP contribution in [0.4, 0.5) is 0 Å². The fraction of sp³-hybridized carbons (Fsp3) is 0.263. The van der Waals surface area contributed by atoms with Crippen LogP contribution in [0, 0.1) is 11.3 Å². The zero-order chi connectivity index (χ0) is 16.5. The molecule has 0 bridgehead atoms. The number of hydrogen-bond acceptors (Lipinski definition) is 4. The molecule has 0 heterocycles. The lowest BCUT2D eigenvalue weighted by molar-refractivity contribution is -0.146. The number of nitriles is 1. The lowest BCUT2D eigenvalue weighted by Crippen LogP contribution is -2.15. The maximum atomic E-state index is 11.5. The highest BCUT2D eigenvalue weighted by Crippen LogP contribution is 2.22. The van der Waals surface area contributed by atoms with Crippen LogP contribution in [-0.4, -0.2) is 19.2 Å². The first-order valence-electron chi connectivity index (χ1n) is 7.62. The van der Waals surface area contributed by atoms with Crippen molar-refractivity contribution in [3.05, 3.63) is 54.1 Å². The molecule has 0 saturated carbocycles. The predicted octanol–water partition coefficient (Wildman–Crippen LogP) is 3.95. The standard InChI is InChI=1S/C19H19NO3/c1-2-3-12-22-19(21)14-23-18-10-8-17(9-11-18)16-6-4-15(13-20)5-7-16/h4-11H,2-3,12,14H2,1H3. The number of nitrogens with zero attached hydrogens (tertiary/aromatic N) is 1. The molecule has 0 aromatic heterocycles. The lowest BCUT2D eigenvalue weighted by atomic mass is 10.0. The van der Waals surface area contributed by atoms with E-state index >= 15 is 0 Å². The van der Waals surface area contributed by atoms with Gasteiger partial charge in [-0.3, -0.25) is 0 Å². The average Bonchev–Trinajstić information content (AvgIpc) is 2.61. The Labute approximate surface area is 136 Å². The summed E-state index contributed by atoms with van der Waals surface area (Å²) in [5, 5.41) is 8.80. The van der Waals surface area contributed by atoms with Crippen LogP contribution in [0.2, 0.25) is 0 Å². The van der Waals surface area contributed by atoms with Crippen LogP contribution in [0.3, 0.4) is 0 Å². The summed E-state index contributed by atoms with van der Waals surface area (Å²) in [4.78, 5) is 11.5. The van der Waals surface area contributed by atoms with Gasteiger partial charge in [0.25, 0.3) is 0 Å². The molecular weight excluding hydrogens is 290 g/mol. The number of hydrogen-bond donors (Lipinski definition) is 0. The van der Waals surface area contributed by atoms with Crippen LogP contribution in [0.5, 0.6) is 5.75 Å². The minimum absolute atomic E-state index is 0.0834. The maximum Gasteiger partial charge on any atom is 0.344 e. The molecule has 0 aliphatic rings. The van der Waals surface area contributed by atoms with Gasteiger partial charge in [0.05, 0.1) is 18.2 Å². The second-order valence-corrected chi connectivity index (χ2v) is 5.08. The number of esters is 1. The first-order chi connectivity index (χ1) is 11.2. The van der Waals surface area contributed by atoms with E-state index in [1.807, 2.05) is 43.3 Å². The third-order valence-electron chi connectivity index (χ3n) is 3.32. The summed E-state index contributed by atoms with van der Waals surface area (Å²) >= 11 is 0. The van der Waals surface area contributed by atoms with Gasteiger partial charge in [0.2, 0.25) is 0 Å². The van der Waals surface area contributed by atoms with Gasteiger partial charge in [-0.05, 0) is 41.8 Å². The minimum Gasteiger partial charge on any atom is -0.482 e. The van der Waals surface area contributed by atoms with Gasteiger partial charge in [-0.25, -0.2) is 4.79 Å². The van der Waals surface area contributed by atoms with Gasteiger partial charge in [0.1, 0.15) is 5.75 Å². The molecule has 2 rings (SSSR count). The summed E-state index contributed by atoms with van der Waals surface area (Å²) in [7, 11) is 0. The van der Waals surface area contributed by atoms with Crippen molar-refractivity contribution in [1.29, 1.82) is 5.26 Å². The zero-order valence-electron chi connectivity index (χ0n) is 13.1. The Kier molecular flexibility index (Phi) is 6.19. The minimum atomic E-state index is -0.352. The predicted molar refractivity (Wildman–Crippen MR) is 88.0 cm³/mol. The summed E-state index contributed by atoms with van der Waals surface area (Å²) in [6.45, 7) is 2.40. The fourth-order valence-electron chi connectivity index (χ4n) is 2.00. The number of carbonyl (C=O) groups is 1. The van der Waals surface area contributed by atoms with Crippen molar-refractivity contribution < 1.29 is 14.3 Å². The summed E-state index contributed by atoms with van der Waals surface area (Å²) in [6.07, 6.45) is 1.86. The Bertz CT molecular complexity index is 669. The molecule has 0 amide bonds. The van der Waals surface area contributed by atoms with Gasteiger partial charge in [0.15, 0.2) is 6.61 Å². The molecule has 2 aromatic carbocycles. The SMILES string of the molecule is CCCCOC(=O)COc1ccc(-c2ccc(C#N)cc2)cc1. The summed E-state index contributed by atoms with van der Waals surface area (Å²) in [5.74, 6) is 0.268. The Hall–Kier alpha value is -2.80.